The molecule has 2 aromatic carbocycles. The minimum absolute atomic E-state index is 0.00891. The van der Waals surface area contributed by atoms with Gasteiger partial charge < -0.3 is 15.8 Å². The highest BCUT2D eigenvalue weighted by atomic mass is 35.5. The van der Waals surface area contributed by atoms with Crippen LogP contribution in [0.3, 0.4) is 0 Å². The summed E-state index contributed by atoms with van der Waals surface area (Å²) in [7, 11) is 0. The van der Waals surface area contributed by atoms with Crippen molar-refractivity contribution in [1.29, 1.82) is 5.26 Å². The van der Waals surface area contributed by atoms with Gasteiger partial charge in [0.1, 0.15) is 5.75 Å². The molecule has 0 aromatic heterocycles. The first kappa shape index (κ1) is 28.1. The Morgan fingerprint density at radius 3 is 2.65 bits per heavy atom. The Morgan fingerprint density at radius 1 is 1.30 bits per heavy atom. The van der Waals surface area contributed by atoms with Gasteiger partial charge in [0.15, 0.2) is 6.19 Å². The fraction of sp³-hybridized carbons (Fsp3) is 0.333. The molecule has 0 radical (unpaired) electrons. The summed E-state index contributed by atoms with van der Waals surface area (Å²) in [5.74, 6) is -0.665. The van der Waals surface area contributed by atoms with Gasteiger partial charge in [-0.05, 0) is 37.1 Å². The summed E-state index contributed by atoms with van der Waals surface area (Å²) in [6.07, 6.45) is 1.79. The van der Waals surface area contributed by atoms with Crippen LogP contribution in [0.25, 0.3) is 0 Å². The molecule has 1 heterocycles. The molecule has 2 atom stereocenters. The molecule has 0 saturated carbocycles. The average Bonchev–Trinajstić information content (AvgIpc) is 3.24. The van der Waals surface area contributed by atoms with Crippen molar-refractivity contribution in [2.24, 2.45) is 21.7 Å². The minimum atomic E-state index is -3.00. The normalized spacial score (nSPS) is 17.3. The van der Waals surface area contributed by atoms with Crippen molar-refractivity contribution in [3.8, 4) is 11.9 Å². The number of rotatable bonds is 7. The average molecular weight is 552 g/mol. The van der Waals surface area contributed by atoms with Crippen molar-refractivity contribution in [3.63, 3.8) is 0 Å². The van der Waals surface area contributed by atoms with Crippen LogP contribution in [0.2, 0.25) is 10.0 Å². The van der Waals surface area contributed by atoms with Crippen LogP contribution in [0.4, 0.5) is 14.5 Å². The number of hydrazone groups is 1. The number of aliphatic imine (C=N–C) groups is 1. The highest BCUT2D eigenvalue weighted by Crippen LogP contribution is 2.27. The molecule has 1 amide bonds. The molecule has 0 spiro atoms. The molecular weight excluding hydrogens is 527 g/mol. The largest absolute Gasteiger partial charge is 0.435 e. The van der Waals surface area contributed by atoms with Crippen molar-refractivity contribution in [1.82, 2.24) is 15.6 Å². The van der Waals surface area contributed by atoms with Crippen molar-refractivity contribution in [2.45, 2.75) is 39.0 Å². The van der Waals surface area contributed by atoms with E-state index in [2.05, 4.69) is 25.5 Å². The lowest BCUT2D eigenvalue weighted by Gasteiger charge is -2.29. The van der Waals surface area contributed by atoms with Crippen molar-refractivity contribution >= 4 is 46.5 Å². The fourth-order valence-electron chi connectivity index (χ4n) is 3.29. The van der Waals surface area contributed by atoms with Crippen molar-refractivity contribution in [3.05, 3.63) is 58.1 Å². The fourth-order valence-corrected chi connectivity index (χ4v) is 3.59. The number of nitrogens with zero attached hydrogens (tertiary/aromatic N) is 4. The third kappa shape index (κ3) is 6.85. The van der Waals surface area contributed by atoms with Gasteiger partial charge in [0.2, 0.25) is 11.9 Å². The monoisotopic (exact) mass is 551 g/mol. The van der Waals surface area contributed by atoms with E-state index in [4.69, 9.17) is 28.9 Å². The lowest BCUT2D eigenvalue weighted by molar-refractivity contribution is -0.127. The topological polar surface area (TPSA) is 128 Å². The van der Waals surface area contributed by atoms with Crippen LogP contribution in [0.5, 0.6) is 5.75 Å². The molecule has 196 valence electrons. The summed E-state index contributed by atoms with van der Waals surface area (Å²) in [6.45, 7) is 2.38. The molecule has 0 aliphatic carbocycles. The molecule has 4 N–H and O–H groups in total. The van der Waals surface area contributed by atoms with Crippen LogP contribution in [-0.4, -0.2) is 47.3 Å². The number of guanidine groups is 1. The van der Waals surface area contributed by atoms with Gasteiger partial charge in [-0.2, -0.15) is 19.1 Å². The SMILES string of the molecule is CC(C)C(C)(N)C(=O)NC1CN(C(=Nc2cccc(OC(F)F)c2)NC#N)N=C1c1ccc(Cl)c(Cl)c1. The van der Waals surface area contributed by atoms with Gasteiger partial charge in [0, 0.05) is 11.6 Å². The highest BCUT2D eigenvalue weighted by Gasteiger charge is 2.38. The first-order valence-corrected chi connectivity index (χ1v) is 11.9. The first-order valence-electron chi connectivity index (χ1n) is 11.1. The second-order valence-corrected chi connectivity index (χ2v) is 9.52. The number of carbonyl (C=O) groups is 1. The van der Waals surface area contributed by atoms with Crippen molar-refractivity contribution < 1.29 is 18.3 Å². The van der Waals surface area contributed by atoms with E-state index in [9.17, 15) is 18.8 Å². The number of nitrogens with two attached hydrogens (primary N) is 1. The van der Waals surface area contributed by atoms with Crippen molar-refractivity contribution in [2.75, 3.05) is 6.54 Å². The number of ether oxygens (including phenoxy) is 1. The van der Waals surface area contributed by atoms with E-state index in [1.165, 1.54) is 23.2 Å². The van der Waals surface area contributed by atoms with Crippen LogP contribution >= 0.6 is 23.2 Å². The molecule has 0 saturated heterocycles. The maximum Gasteiger partial charge on any atom is 0.387 e. The molecule has 2 aromatic rings. The summed E-state index contributed by atoms with van der Waals surface area (Å²) < 4.78 is 29.7. The predicted molar refractivity (Wildman–Crippen MR) is 138 cm³/mol. The maximum atomic E-state index is 13.0. The quantitative estimate of drug-likeness (QED) is 0.204. The molecule has 3 rings (SSSR count). The number of hydrogen-bond acceptors (Lipinski definition) is 6. The van der Waals surface area contributed by atoms with Crippen LogP contribution in [0.15, 0.2) is 52.6 Å². The molecule has 0 fully saturated rings. The number of nitriles is 1. The standard InChI is InChI=1S/C24H25Cl2F2N7O2/c1-13(2)24(3,30)21(36)33-19-11-35(34-20(19)14-7-8-17(25)18(26)9-14)23(31-12-29)32-15-5-4-6-16(10-15)37-22(27)28/h4-10,13,19,22H,11,30H2,1-3H3,(H,31,32)(H,33,36). The summed E-state index contributed by atoms with van der Waals surface area (Å²) >= 11 is 12.3. The number of amides is 1. The van der Waals surface area contributed by atoms with Gasteiger partial charge in [0.25, 0.3) is 0 Å². The lowest BCUT2D eigenvalue weighted by Crippen LogP contribution is -2.59. The van der Waals surface area contributed by atoms with Gasteiger partial charge >= 0.3 is 6.61 Å². The first-order chi connectivity index (χ1) is 17.4. The number of halogens is 4. The van der Waals surface area contributed by atoms with Crippen LogP contribution in [-0.2, 0) is 4.79 Å². The number of nitrogens with one attached hydrogen (secondary N) is 2. The lowest BCUT2D eigenvalue weighted by atomic mass is 9.88. The van der Waals surface area contributed by atoms with Crippen LogP contribution in [0, 0.1) is 17.4 Å². The molecule has 1 aliphatic heterocycles. The Bertz CT molecular complexity index is 1260. The van der Waals surface area contributed by atoms with Gasteiger partial charge in [-0.3, -0.25) is 10.1 Å². The molecule has 9 nitrogen and oxygen atoms in total. The zero-order valence-electron chi connectivity index (χ0n) is 20.2. The summed E-state index contributed by atoms with van der Waals surface area (Å²) in [5, 5.41) is 21.3. The van der Waals surface area contributed by atoms with Crippen LogP contribution in [0.1, 0.15) is 26.3 Å². The minimum Gasteiger partial charge on any atom is -0.435 e. The molecule has 0 bridgehead atoms. The second-order valence-electron chi connectivity index (χ2n) is 8.71. The van der Waals surface area contributed by atoms with E-state index in [0.717, 1.165) is 0 Å². The highest BCUT2D eigenvalue weighted by molar-refractivity contribution is 6.42. The Balaban J connectivity index is 2.00. The molecule has 1 aliphatic rings. The Morgan fingerprint density at radius 2 is 2.03 bits per heavy atom. The second kappa shape index (κ2) is 11.7. The summed E-state index contributed by atoms with van der Waals surface area (Å²) in [6, 6.07) is 9.89. The molecule has 13 heteroatoms. The number of hydrogen-bond donors (Lipinski definition) is 3. The Hall–Kier alpha value is -3.46. The van der Waals surface area contributed by atoms with E-state index in [0.29, 0.717) is 16.3 Å². The number of benzene rings is 2. The van der Waals surface area contributed by atoms with Gasteiger partial charge in [-0.25, -0.2) is 10.0 Å². The third-order valence-electron chi connectivity index (χ3n) is 5.81. The maximum absolute atomic E-state index is 13.0. The zero-order valence-corrected chi connectivity index (χ0v) is 21.7. The molecule has 37 heavy (non-hydrogen) atoms. The predicted octanol–water partition coefficient (Wildman–Crippen LogP) is 4.23. The van der Waals surface area contributed by atoms with E-state index < -0.39 is 24.1 Å². The number of alkyl halides is 2. The molecular formula is C24H25Cl2F2N7O2. The third-order valence-corrected chi connectivity index (χ3v) is 6.55. The van der Waals surface area contributed by atoms with Crippen LogP contribution < -0.4 is 21.1 Å². The Kier molecular flexibility index (Phi) is 8.91. The van der Waals surface area contributed by atoms with Gasteiger partial charge in [-0.1, -0.05) is 49.2 Å². The van der Waals surface area contributed by atoms with E-state index >= 15 is 0 Å². The van der Waals surface area contributed by atoms with E-state index in [1.807, 2.05) is 13.8 Å². The van der Waals surface area contributed by atoms with E-state index in [1.54, 1.807) is 37.4 Å². The summed E-state index contributed by atoms with van der Waals surface area (Å²) in [5.41, 5.74) is 6.32. The van der Waals surface area contributed by atoms with E-state index in [-0.39, 0.29) is 34.9 Å². The number of carbonyl (C=O) groups excluding carboxylic acids is 1. The smallest absolute Gasteiger partial charge is 0.387 e. The molecule has 2 unspecified atom stereocenters. The zero-order chi connectivity index (χ0) is 27.3. The summed E-state index contributed by atoms with van der Waals surface area (Å²) in [4.78, 5) is 17.4. The Labute approximate surface area is 222 Å². The van der Waals surface area contributed by atoms with Gasteiger partial charge in [-0.15, -0.1) is 0 Å². The van der Waals surface area contributed by atoms with Gasteiger partial charge in [0.05, 0.1) is 39.6 Å².